The van der Waals surface area contributed by atoms with Gasteiger partial charge in [0.05, 0.1) is 17.8 Å². The second-order valence-electron chi connectivity index (χ2n) is 7.20. The van der Waals surface area contributed by atoms with Gasteiger partial charge in [0.2, 0.25) is 0 Å². The summed E-state index contributed by atoms with van der Waals surface area (Å²) in [5.41, 5.74) is 2.06. The van der Waals surface area contributed by atoms with Gasteiger partial charge in [-0.1, -0.05) is 23.7 Å². The first kappa shape index (κ1) is 20.9. The number of hydrogen-bond acceptors (Lipinski definition) is 5. The first-order chi connectivity index (χ1) is 13.8. The quantitative estimate of drug-likeness (QED) is 0.776. The molecule has 0 aliphatic carbocycles. The summed E-state index contributed by atoms with van der Waals surface area (Å²) in [6.07, 6.45) is 2.97. The predicted molar refractivity (Wildman–Crippen MR) is 110 cm³/mol. The second-order valence-corrected chi connectivity index (χ2v) is 7.61. The maximum absolute atomic E-state index is 12.6. The van der Waals surface area contributed by atoms with E-state index in [0.29, 0.717) is 23.9 Å². The average molecular weight is 418 g/mol. The number of carbonyl (C=O) groups excluding carboxylic acids is 1. The molecule has 2 aromatic rings. The fraction of sp³-hybridized carbons (Fsp3) is 0.400. The molecule has 3 rings (SSSR count). The lowest BCUT2D eigenvalue weighted by Gasteiger charge is -2.38. The van der Waals surface area contributed by atoms with Gasteiger partial charge in [-0.2, -0.15) is 5.10 Å². The normalized spacial score (nSPS) is 16.4. The number of carboxylic acids is 1. The number of hydrogen-bond donors (Lipinski definition) is 2. The lowest BCUT2D eigenvalue weighted by atomic mass is 10.0. The number of aromatic carboxylic acids is 1. The van der Waals surface area contributed by atoms with E-state index in [-0.39, 0.29) is 17.6 Å². The Hall–Kier alpha value is -2.87. The van der Waals surface area contributed by atoms with Gasteiger partial charge in [0.15, 0.2) is 5.82 Å². The van der Waals surface area contributed by atoms with Crippen molar-refractivity contribution in [3.63, 3.8) is 0 Å². The molecule has 0 bridgehead atoms. The van der Waals surface area contributed by atoms with Crippen molar-refractivity contribution in [1.29, 1.82) is 0 Å². The van der Waals surface area contributed by atoms with Gasteiger partial charge in [0, 0.05) is 31.7 Å². The van der Waals surface area contributed by atoms with Crippen molar-refractivity contribution in [2.24, 2.45) is 0 Å². The zero-order chi connectivity index (χ0) is 21.0. The minimum atomic E-state index is -1.04. The summed E-state index contributed by atoms with van der Waals surface area (Å²) >= 11 is 6.04. The first-order valence-corrected chi connectivity index (χ1v) is 9.79. The molecule has 2 heterocycles. The van der Waals surface area contributed by atoms with Crippen molar-refractivity contribution in [2.75, 3.05) is 25.0 Å². The van der Waals surface area contributed by atoms with Crippen LogP contribution in [0.15, 0.2) is 30.5 Å². The van der Waals surface area contributed by atoms with Gasteiger partial charge in [-0.25, -0.2) is 9.59 Å². The highest BCUT2D eigenvalue weighted by molar-refractivity contribution is 6.31. The van der Waals surface area contributed by atoms with Crippen molar-refractivity contribution in [3.05, 3.63) is 52.2 Å². The van der Waals surface area contributed by atoms with E-state index in [4.69, 9.17) is 16.7 Å². The smallest absolute Gasteiger partial charge is 0.337 e. The molecule has 154 valence electrons. The molecule has 1 fully saturated rings. The van der Waals surface area contributed by atoms with Crippen LogP contribution in [-0.4, -0.2) is 58.4 Å². The molecule has 29 heavy (non-hydrogen) atoms. The number of benzene rings is 1. The van der Waals surface area contributed by atoms with Crippen molar-refractivity contribution in [1.82, 2.24) is 20.4 Å². The van der Waals surface area contributed by atoms with Crippen LogP contribution in [0.2, 0.25) is 5.02 Å². The molecule has 2 N–H and O–H groups in total. The van der Waals surface area contributed by atoms with Crippen molar-refractivity contribution >= 4 is 29.4 Å². The molecule has 1 aromatic heterocycles. The number of likely N-dealkylation sites (N-methyl/N-ethyl adjacent to an activating group) is 1. The number of nitrogens with one attached hydrogen (secondary N) is 1. The largest absolute Gasteiger partial charge is 0.478 e. The molecular weight excluding hydrogens is 394 g/mol. The molecule has 0 saturated carbocycles. The van der Waals surface area contributed by atoms with E-state index in [0.717, 1.165) is 30.5 Å². The third-order valence-corrected chi connectivity index (χ3v) is 5.57. The Morgan fingerprint density at radius 3 is 2.90 bits per heavy atom. The van der Waals surface area contributed by atoms with Gasteiger partial charge >= 0.3 is 12.0 Å². The lowest BCUT2D eigenvalue weighted by Crippen LogP contribution is -2.51. The summed E-state index contributed by atoms with van der Waals surface area (Å²) < 4.78 is 0. The van der Waals surface area contributed by atoms with E-state index in [1.54, 1.807) is 11.9 Å². The fourth-order valence-electron chi connectivity index (χ4n) is 3.39. The monoisotopic (exact) mass is 417 g/mol. The number of nitrogens with zero attached hydrogens (tertiary/aromatic N) is 4. The number of piperidine rings is 1. The second kappa shape index (κ2) is 9.09. The van der Waals surface area contributed by atoms with Crippen molar-refractivity contribution < 1.29 is 14.7 Å². The highest BCUT2D eigenvalue weighted by Crippen LogP contribution is 2.21. The number of aromatic nitrogens is 2. The molecule has 1 atom stereocenters. The van der Waals surface area contributed by atoms with Crippen LogP contribution >= 0.6 is 11.6 Å². The van der Waals surface area contributed by atoms with Crippen LogP contribution < -0.4 is 10.2 Å². The number of aryl methyl sites for hydroxylation is 1. The molecule has 0 unspecified atom stereocenters. The van der Waals surface area contributed by atoms with Crippen LogP contribution in [0.1, 0.15) is 34.3 Å². The molecule has 2 amide bonds. The van der Waals surface area contributed by atoms with Gasteiger partial charge in [-0.15, -0.1) is 5.10 Å². The maximum Gasteiger partial charge on any atom is 0.337 e. The minimum Gasteiger partial charge on any atom is -0.478 e. The molecule has 0 radical (unpaired) electrons. The third-order valence-electron chi connectivity index (χ3n) is 5.14. The molecular formula is C20H24ClN5O3. The fourth-order valence-corrected chi connectivity index (χ4v) is 3.51. The Bertz CT molecular complexity index is 907. The average Bonchev–Trinajstić information content (AvgIpc) is 2.74. The number of amides is 2. The molecule has 1 aliphatic rings. The zero-order valence-corrected chi connectivity index (χ0v) is 17.2. The standard InChI is InChI=1S/C20H24ClN5O3/c1-13-8-14(5-6-17(13)21)10-22-20(29)25(2)16-4-3-7-26(12-16)18-9-15(19(27)28)11-23-24-18/h5-6,8-9,11,16H,3-4,7,10,12H2,1-2H3,(H,22,29)(H,27,28)/t16-/m1/s1. The number of halogens is 1. The number of rotatable bonds is 5. The Labute approximate surface area is 174 Å². The minimum absolute atomic E-state index is 0.00834. The number of carboxylic acid groups (broad SMARTS) is 1. The van der Waals surface area contributed by atoms with E-state index >= 15 is 0 Å². The summed E-state index contributed by atoms with van der Waals surface area (Å²) in [6, 6.07) is 7.03. The van der Waals surface area contributed by atoms with E-state index in [9.17, 15) is 9.59 Å². The Morgan fingerprint density at radius 1 is 1.38 bits per heavy atom. The Balaban J connectivity index is 1.60. The molecule has 1 aliphatic heterocycles. The van der Waals surface area contributed by atoms with Crippen LogP contribution in [0.4, 0.5) is 10.6 Å². The molecule has 8 nitrogen and oxygen atoms in total. The highest BCUT2D eigenvalue weighted by atomic mass is 35.5. The summed E-state index contributed by atoms with van der Waals surface area (Å²) in [6.45, 7) is 3.66. The molecule has 1 saturated heterocycles. The van der Waals surface area contributed by atoms with Gasteiger partial charge in [-0.3, -0.25) is 0 Å². The zero-order valence-electron chi connectivity index (χ0n) is 16.4. The van der Waals surface area contributed by atoms with E-state index < -0.39 is 5.97 Å². The van der Waals surface area contributed by atoms with E-state index in [2.05, 4.69) is 15.5 Å². The van der Waals surface area contributed by atoms with E-state index in [1.165, 1.54) is 12.3 Å². The van der Waals surface area contributed by atoms with Crippen LogP contribution in [0.3, 0.4) is 0 Å². The number of anilines is 1. The van der Waals surface area contributed by atoms with Crippen LogP contribution in [0.5, 0.6) is 0 Å². The van der Waals surface area contributed by atoms with Crippen molar-refractivity contribution in [2.45, 2.75) is 32.4 Å². The Morgan fingerprint density at radius 2 is 2.17 bits per heavy atom. The van der Waals surface area contributed by atoms with Gasteiger partial charge in [-0.05, 0) is 43.0 Å². The third kappa shape index (κ3) is 5.14. The van der Waals surface area contributed by atoms with E-state index in [1.807, 2.05) is 30.0 Å². The van der Waals surface area contributed by atoms with Crippen LogP contribution in [-0.2, 0) is 6.54 Å². The van der Waals surface area contributed by atoms with Crippen LogP contribution in [0.25, 0.3) is 0 Å². The SMILES string of the molecule is Cc1cc(CNC(=O)N(C)[C@@H]2CCCN(c3cc(C(=O)O)cnn3)C2)ccc1Cl. The first-order valence-electron chi connectivity index (χ1n) is 9.42. The lowest BCUT2D eigenvalue weighted by molar-refractivity contribution is 0.0696. The van der Waals surface area contributed by atoms with Gasteiger partial charge in [0.1, 0.15) is 0 Å². The summed E-state index contributed by atoms with van der Waals surface area (Å²) in [5.74, 6) is -0.524. The number of carbonyl (C=O) groups is 2. The van der Waals surface area contributed by atoms with Gasteiger partial charge < -0.3 is 20.2 Å². The van der Waals surface area contributed by atoms with Gasteiger partial charge in [0.25, 0.3) is 0 Å². The summed E-state index contributed by atoms with van der Waals surface area (Å²) in [4.78, 5) is 27.5. The maximum atomic E-state index is 12.6. The number of urea groups is 1. The molecule has 9 heteroatoms. The topological polar surface area (TPSA) is 98.7 Å². The van der Waals surface area contributed by atoms with Crippen LogP contribution in [0, 0.1) is 6.92 Å². The summed E-state index contributed by atoms with van der Waals surface area (Å²) in [7, 11) is 1.77. The highest BCUT2D eigenvalue weighted by Gasteiger charge is 2.27. The molecule has 0 spiro atoms. The Kier molecular flexibility index (Phi) is 6.53. The summed E-state index contributed by atoms with van der Waals surface area (Å²) in [5, 5.41) is 20.6. The van der Waals surface area contributed by atoms with Crippen molar-refractivity contribution in [3.8, 4) is 0 Å². The predicted octanol–water partition coefficient (Wildman–Crippen LogP) is 2.95. The molecule has 1 aromatic carbocycles.